The minimum absolute atomic E-state index is 0.0379. The lowest BCUT2D eigenvalue weighted by molar-refractivity contribution is -0.145. The molecule has 3 atom stereocenters. The Morgan fingerprint density at radius 1 is 1.08 bits per heavy atom. The monoisotopic (exact) mass is 710 g/mol. The molecule has 16 heteroatoms. The molecule has 6 heterocycles. The molecule has 13 nitrogen and oxygen atoms in total. The molecule has 3 fully saturated rings. The number of nitrogens with one attached hydrogen (secondary N) is 1. The third-order valence-corrected chi connectivity index (χ3v) is 10.3. The molecule has 0 aromatic carbocycles. The number of halogens is 3. The van der Waals surface area contributed by atoms with E-state index < -0.39 is 23.6 Å². The van der Waals surface area contributed by atoms with E-state index in [1.165, 1.54) is 6.20 Å². The number of pyridine rings is 2. The number of fused-ring (bicyclic) bond motifs is 3. The zero-order valence-corrected chi connectivity index (χ0v) is 28.7. The Morgan fingerprint density at radius 3 is 2.45 bits per heavy atom. The maximum absolute atomic E-state index is 14.1. The molecule has 0 radical (unpaired) electrons. The highest BCUT2D eigenvalue weighted by atomic mass is 19.4. The number of carboxylic acids is 1. The summed E-state index contributed by atoms with van der Waals surface area (Å²) in [5.74, 6) is -0.304. The van der Waals surface area contributed by atoms with Crippen molar-refractivity contribution in [2.45, 2.75) is 76.2 Å². The molecule has 4 aromatic rings. The molecule has 2 saturated heterocycles. The number of ether oxygens (including phenoxy) is 3. The van der Waals surface area contributed by atoms with Crippen molar-refractivity contribution in [2.24, 2.45) is 5.41 Å². The summed E-state index contributed by atoms with van der Waals surface area (Å²) in [6.45, 7) is 2.61. The van der Waals surface area contributed by atoms with Crippen LogP contribution in [0.1, 0.15) is 57.4 Å². The number of aromatic nitrogens is 6. The van der Waals surface area contributed by atoms with E-state index in [1.54, 1.807) is 32.5 Å². The second kappa shape index (κ2) is 13.9. The van der Waals surface area contributed by atoms with Gasteiger partial charge in [0.15, 0.2) is 11.5 Å². The second-order valence-corrected chi connectivity index (χ2v) is 13.8. The third kappa shape index (κ3) is 7.03. The third-order valence-electron chi connectivity index (χ3n) is 10.3. The van der Waals surface area contributed by atoms with E-state index in [0.717, 1.165) is 56.8 Å². The molecule has 0 amide bonds. The molecule has 51 heavy (non-hydrogen) atoms. The van der Waals surface area contributed by atoms with Gasteiger partial charge in [-0.2, -0.15) is 13.2 Å². The predicted molar refractivity (Wildman–Crippen MR) is 182 cm³/mol. The number of aromatic amines is 1. The van der Waals surface area contributed by atoms with E-state index in [2.05, 4.69) is 19.8 Å². The van der Waals surface area contributed by atoms with Gasteiger partial charge in [-0.25, -0.2) is 29.7 Å². The Labute approximate surface area is 292 Å². The normalized spacial score (nSPS) is 21.1. The lowest BCUT2D eigenvalue weighted by Gasteiger charge is -2.44. The average molecular weight is 711 g/mol. The number of anilines is 2. The van der Waals surface area contributed by atoms with Crippen molar-refractivity contribution in [1.29, 1.82) is 0 Å². The number of imidazole rings is 1. The molecule has 4 aromatic heterocycles. The first-order valence-corrected chi connectivity index (χ1v) is 17.2. The first kappa shape index (κ1) is 34.9. The number of H-pyrrole nitrogens is 1. The van der Waals surface area contributed by atoms with Crippen LogP contribution in [-0.2, 0) is 20.4 Å². The Hall–Kier alpha value is -4.57. The number of alkyl halides is 3. The average Bonchev–Trinajstić information content (AvgIpc) is 3.63. The maximum atomic E-state index is 14.1. The number of rotatable bonds is 13. The molecule has 2 bridgehead atoms. The molecule has 1 saturated carbocycles. The molecular weight excluding hydrogens is 669 g/mol. The molecule has 1 aliphatic carbocycles. The topological polar surface area (TPSA) is 152 Å². The summed E-state index contributed by atoms with van der Waals surface area (Å²) in [6, 6.07) is 3.14. The van der Waals surface area contributed by atoms with Gasteiger partial charge in [-0.05, 0) is 57.6 Å². The van der Waals surface area contributed by atoms with Crippen molar-refractivity contribution in [2.75, 3.05) is 50.3 Å². The van der Waals surface area contributed by atoms with Crippen molar-refractivity contribution in [3.05, 3.63) is 36.3 Å². The number of hydrogen-bond donors (Lipinski definition) is 2. The first-order valence-electron chi connectivity index (χ1n) is 17.2. The summed E-state index contributed by atoms with van der Waals surface area (Å²) in [5.41, 5.74) is 1.57. The van der Waals surface area contributed by atoms with E-state index in [-0.39, 0.29) is 48.1 Å². The highest BCUT2D eigenvalue weighted by molar-refractivity contribution is 5.91. The van der Waals surface area contributed by atoms with Crippen LogP contribution in [0.15, 0.2) is 30.7 Å². The van der Waals surface area contributed by atoms with Crippen LogP contribution in [0.2, 0.25) is 0 Å². The van der Waals surface area contributed by atoms with Crippen LogP contribution in [0.3, 0.4) is 0 Å². The minimum atomic E-state index is -4.68. The Kier molecular flexibility index (Phi) is 9.48. The van der Waals surface area contributed by atoms with Gasteiger partial charge in [0, 0.05) is 50.0 Å². The smallest absolute Gasteiger partial charge is 0.421 e. The van der Waals surface area contributed by atoms with E-state index in [4.69, 9.17) is 39.3 Å². The van der Waals surface area contributed by atoms with Crippen molar-refractivity contribution in [3.63, 3.8) is 0 Å². The fourth-order valence-corrected chi connectivity index (χ4v) is 7.91. The van der Waals surface area contributed by atoms with Crippen LogP contribution in [0.4, 0.5) is 24.7 Å². The number of carboxylic acid groups (broad SMARTS) is 1. The lowest BCUT2D eigenvalue weighted by Crippen LogP contribution is -2.46. The van der Waals surface area contributed by atoms with Gasteiger partial charge in [0.25, 0.3) is 0 Å². The summed E-state index contributed by atoms with van der Waals surface area (Å²) < 4.78 is 58.6. The number of carbonyl (C=O) groups is 1. The highest BCUT2D eigenvalue weighted by Gasteiger charge is 2.42. The molecule has 3 aliphatic rings. The molecule has 0 spiro atoms. The number of hydrogen-bond acceptors (Lipinski definition) is 11. The Bertz CT molecular complexity index is 1870. The summed E-state index contributed by atoms with van der Waals surface area (Å²) in [6.07, 6.45) is 6.42. The number of aliphatic carboxylic acids is 1. The van der Waals surface area contributed by atoms with Crippen LogP contribution in [0, 0.1) is 5.41 Å². The molecule has 1 unspecified atom stereocenters. The Balaban J connectivity index is 1.22. The van der Waals surface area contributed by atoms with Gasteiger partial charge in [0.1, 0.15) is 29.2 Å². The zero-order chi connectivity index (χ0) is 35.9. The van der Waals surface area contributed by atoms with Crippen molar-refractivity contribution in [3.8, 4) is 28.7 Å². The van der Waals surface area contributed by atoms with Crippen molar-refractivity contribution in [1.82, 2.24) is 29.9 Å². The fraction of sp³-hybridized carbons (Fsp3) is 0.543. The molecular formula is C35H41F3N8O5. The van der Waals surface area contributed by atoms with E-state index in [1.807, 2.05) is 7.05 Å². The molecule has 7 rings (SSSR count). The van der Waals surface area contributed by atoms with Crippen LogP contribution < -0.4 is 14.5 Å². The maximum Gasteiger partial charge on any atom is 0.421 e. The van der Waals surface area contributed by atoms with Crippen LogP contribution in [0.25, 0.3) is 33.9 Å². The van der Waals surface area contributed by atoms with Gasteiger partial charge in [-0.3, -0.25) is 0 Å². The van der Waals surface area contributed by atoms with E-state index in [0.29, 0.717) is 41.5 Å². The van der Waals surface area contributed by atoms with Gasteiger partial charge in [-0.15, -0.1) is 0 Å². The SMILES string of the molecule is CCOc1ncc(-c2cc(N(C)CC3(COC)CCC3)c3[nH]c(-c4cnc(N5[C@@H]6CC[C@H]5CC(OCC(=O)O)C6)cn4)nc3n2)cc1C(F)(F)F. The summed E-state index contributed by atoms with van der Waals surface area (Å²) in [4.78, 5) is 41.6. The number of methoxy groups -OCH3 is 1. The van der Waals surface area contributed by atoms with E-state index >= 15 is 0 Å². The largest absolute Gasteiger partial charge is 0.480 e. The van der Waals surface area contributed by atoms with Crippen LogP contribution in [0.5, 0.6) is 5.88 Å². The summed E-state index contributed by atoms with van der Waals surface area (Å²) >= 11 is 0. The fourth-order valence-electron chi connectivity index (χ4n) is 7.91. The molecule has 2 aliphatic heterocycles. The standard InChI is InChI=1S/C35H41F3N8O5/c1-4-50-33-24(35(36,37)38)10-20(14-41-33)25-13-27(45(2)18-34(19-49-3)8-5-9-34)30-32(42-25)44-31(43-30)26-15-40-28(16-39-26)46-21-6-7-22(46)12-23(11-21)51-17-29(47)48/h10,13-16,21-23H,4-9,11-12,17-19H2,1-3H3,(H,47,48)(H,42,43,44)/t21-,22+,23?. The highest BCUT2D eigenvalue weighted by Crippen LogP contribution is 2.44. The van der Waals surface area contributed by atoms with Crippen LogP contribution in [-0.4, -0.2) is 99.7 Å². The van der Waals surface area contributed by atoms with Crippen molar-refractivity contribution < 1.29 is 37.3 Å². The first-order chi connectivity index (χ1) is 24.5. The molecule has 2 N–H and O–H groups in total. The predicted octanol–water partition coefficient (Wildman–Crippen LogP) is 5.75. The minimum Gasteiger partial charge on any atom is -0.480 e. The second-order valence-electron chi connectivity index (χ2n) is 13.8. The quantitative estimate of drug-likeness (QED) is 0.174. The zero-order valence-electron chi connectivity index (χ0n) is 28.7. The van der Waals surface area contributed by atoms with Crippen molar-refractivity contribution >= 4 is 28.6 Å². The van der Waals surface area contributed by atoms with E-state index in [9.17, 15) is 18.0 Å². The number of nitrogens with zero attached hydrogens (tertiary/aromatic N) is 7. The van der Waals surface area contributed by atoms with Gasteiger partial charge in [0.05, 0.1) is 43.1 Å². The Morgan fingerprint density at radius 2 is 1.84 bits per heavy atom. The lowest BCUT2D eigenvalue weighted by atomic mass is 9.69. The summed E-state index contributed by atoms with van der Waals surface area (Å²) in [5, 5.41) is 9.02. The van der Waals surface area contributed by atoms with Gasteiger partial charge >= 0.3 is 12.1 Å². The van der Waals surface area contributed by atoms with Crippen LogP contribution >= 0.6 is 0 Å². The van der Waals surface area contributed by atoms with Gasteiger partial charge in [-0.1, -0.05) is 6.42 Å². The summed E-state index contributed by atoms with van der Waals surface area (Å²) in [7, 11) is 3.64. The number of piperidine rings is 1. The molecule has 272 valence electrons. The van der Waals surface area contributed by atoms with Gasteiger partial charge in [0.2, 0.25) is 5.88 Å². The van der Waals surface area contributed by atoms with Gasteiger partial charge < -0.3 is 34.1 Å².